The third-order valence-corrected chi connectivity index (χ3v) is 3.79. The molecule has 2 rings (SSSR count). The normalized spacial score (nSPS) is 21.5. The number of halogens is 1. The molecule has 1 aromatic carbocycles. The summed E-state index contributed by atoms with van der Waals surface area (Å²) in [4.78, 5) is 14.3. The van der Waals surface area contributed by atoms with Crippen LogP contribution < -0.4 is 0 Å². The number of carbonyl (C=O) groups is 1. The predicted molar refractivity (Wildman–Crippen MR) is 74.6 cm³/mol. The molecule has 0 aliphatic carbocycles. The van der Waals surface area contributed by atoms with Crippen LogP contribution in [-0.4, -0.2) is 35.6 Å². The molecule has 1 fully saturated rings. The maximum atomic E-state index is 13.3. The molecule has 20 heavy (non-hydrogen) atoms. The molecule has 1 N–H and O–H groups in total. The molecule has 1 aliphatic heterocycles. The second kappa shape index (κ2) is 6.06. The maximum Gasteiger partial charge on any atom is 0.255 e. The van der Waals surface area contributed by atoms with Gasteiger partial charge >= 0.3 is 0 Å². The standard InChI is InChI=1S/C16H18FNO2/c1-11-9-18(10-12(11)2)16(20)15-6-5-14(17)8-13(15)4-3-7-19/h5-6,8,11-12,19H,7,9-10H2,1-2H3. The molecule has 2 unspecified atom stereocenters. The van der Waals surface area contributed by atoms with Gasteiger partial charge in [0.2, 0.25) is 0 Å². The first kappa shape index (κ1) is 14.5. The summed E-state index contributed by atoms with van der Waals surface area (Å²) >= 11 is 0. The van der Waals surface area contributed by atoms with E-state index in [0.29, 0.717) is 36.1 Å². The summed E-state index contributed by atoms with van der Waals surface area (Å²) in [5, 5.41) is 8.74. The van der Waals surface area contributed by atoms with Crippen LogP contribution in [0.25, 0.3) is 0 Å². The molecule has 1 aliphatic rings. The molecular weight excluding hydrogens is 257 g/mol. The van der Waals surface area contributed by atoms with Crippen LogP contribution in [0.3, 0.4) is 0 Å². The fourth-order valence-electron chi connectivity index (χ4n) is 2.41. The highest BCUT2D eigenvalue weighted by Crippen LogP contribution is 2.24. The van der Waals surface area contributed by atoms with Crippen LogP contribution in [0, 0.1) is 29.5 Å². The van der Waals surface area contributed by atoms with Crippen molar-refractivity contribution < 1.29 is 14.3 Å². The minimum Gasteiger partial charge on any atom is -0.384 e. The van der Waals surface area contributed by atoms with E-state index in [1.165, 1.54) is 18.2 Å². The minimum atomic E-state index is -0.438. The van der Waals surface area contributed by atoms with Crippen LogP contribution in [-0.2, 0) is 0 Å². The molecule has 0 aromatic heterocycles. The van der Waals surface area contributed by atoms with Gasteiger partial charge < -0.3 is 10.0 Å². The SMILES string of the molecule is CC1CN(C(=O)c2ccc(F)cc2C#CCO)CC1C. The van der Waals surface area contributed by atoms with Gasteiger partial charge in [-0.25, -0.2) is 4.39 Å². The highest BCUT2D eigenvalue weighted by Gasteiger charge is 2.30. The van der Waals surface area contributed by atoms with Gasteiger partial charge in [-0.2, -0.15) is 0 Å². The summed E-state index contributed by atoms with van der Waals surface area (Å²) in [7, 11) is 0. The number of benzene rings is 1. The number of hydrogen-bond donors (Lipinski definition) is 1. The average Bonchev–Trinajstić information content (AvgIpc) is 2.76. The fourth-order valence-corrected chi connectivity index (χ4v) is 2.41. The van der Waals surface area contributed by atoms with Gasteiger partial charge in [-0.3, -0.25) is 4.79 Å². The molecule has 0 radical (unpaired) electrons. The van der Waals surface area contributed by atoms with Crippen molar-refractivity contribution in [1.82, 2.24) is 4.90 Å². The van der Waals surface area contributed by atoms with Gasteiger partial charge in [0.25, 0.3) is 5.91 Å². The van der Waals surface area contributed by atoms with Crippen LogP contribution in [0.4, 0.5) is 4.39 Å². The number of aliphatic hydroxyl groups is 1. The van der Waals surface area contributed by atoms with Gasteiger partial charge in [-0.1, -0.05) is 25.7 Å². The maximum absolute atomic E-state index is 13.3. The lowest BCUT2D eigenvalue weighted by Gasteiger charge is -2.17. The number of aliphatic hydroxyl groups excluding tert-OH is 1. The molecule has 1 heterocycles. The molecule has 1 saturated heterocycles. The van der Waals surface area contributed by atoms with E-state index in [4.69, 9.17) is 5.11 Å². The van der Waals surface area contributed by atoms with E-state index < -0.39 is 5.82 Å². The van der Waals surface area contributed by atoms with Crippen LogP contribution in [0.15, 0.2) is 18.2 Å². The van der Waals surface area contributed by atoms with Gasteiger partial charge in [-0.15, -0.1) is 0 Å². The molecule has 0 spiro atoms. The monoisotopic (exact) mass is 275 g/mol. The van der Waals surface area contributed by atoms with Gasteiger partial charge in [0.05, 0.1) is 5.56 Å². The van der Waals surface area contributed by atoms with Crippen molar-refractivity contribution in [3.8, 4) is 11.8 Å². The topological polar surface area (TPSA) is 40.5 Å². The number of nitrogens with zero attached hydrogens (tertiary/aromatic N) is 1. The zero-order valence-electron chi connectivity index (χ0n) is 11.7. The van der Waals surface area contributed by atoms with Crippen molar-refractivity contribution in [2.75, 3.05) is 19.7 Å². The second-order valence-corrected chi connectivity index (χ2v) is 5.31. The first-order chi connectivity index (χ1) is 9.52. The van der Waals surface area contributed by atoms with Crippen molar-refractivity contribution in [1.29, 1.82) is 0 Å². The van der Waals surface area contributed by atoms with Gasteiger partial charge in [0, 0.05) is 18.7 Å². The van der Waals surface area contributed by atoms with E-state index in [-0.39, 0.29) is 12.5 Å². The highest BCUT2D eigenvalue weighted by atomic mass is 19.1. The molecule has 106 valence electrons. The lowest BCUT2D eigenvalue weighted by molar-refractivity contribution is 0.0784. The van der Waals surface area contributed by atoms with E-state index in [1.54, 1.807) is 4.90 Å². The summed E-state index contributed by atoms with van der Waals surface area (Å²) < 4.78 is 13.3. The third kappa shape index (κ3) is 3.00. The highest BCUT2D eigenvalue weighted by molar-refractivity contribution is 5.97. The van der Waals surface area contributed by atoms with E-state index in [0.717, 1.165) is 0 Å². The Morgan fingerprint density at radius 2 is 2.05 bits per heavy atom. The Balaban J connectivity index is 2.30. The zero-order valence-corrected chi connectivity index (χ0v) is 11.7. The van der Waals surface area contributed by atoms with Crippen molar-refractivity contribution in [2.45, 2.75) is 13.8 Å². The number of amides is 1. The lowest BCUT2D eigenvalue weighted by atomic mass is 10.0. The first-order valence-corrected chi connectivity index (χ1v) is 6.71. The second-order valence-electron chi connectivity index (χ2n) is 5.31. The molecule has 1 amide bonds. The van der Waals surface area contributed by atoms with Crippen LogP contribution in [0.5, 0.6) is 0 Å². The van der Waals surface area contributed by atoms with Crippen LogP contribution in [0.2, 0.25) is 0 Å². The Morgan fingerprint density at radius 1 is 1.40 bits per heavy atom. The average molecular weight is 275 g/mol. The Hall–Kier alpha value is -1.86. The van der Waals surface area contributed by atoms with Gasteiger partial charge in [0.1, 0.15) is 12.4 Å². The predicted octanol–water partition coefficient (Wildman–Crippen LogP) is 1.90. The van der Waals surface area contributed by atoms with Crippen molar-refractivity contribution in [2.24, 2.45) is 11.8 Å². The minimum absolute atomic E-state index is 0.122. The largest absolute Gasteiger partial charge is 0.384 e. The van der Waals surface area contributed by atoms with Crippen molar-refractivity contribution in [3.05, 3.63) is 35.1 Å². The van der Waals surface area contributed by atoms with Crippen molar-refractivity contribution in [3.63, 3.8) is 0 Å². The first-order valence-electron chi connectivity index (χ1n) is 6.71. The molecule has 0 bridgehead atoms. The van der Waals surface area contributed by atoms with Gasteiger partial charge in [0.15, 0.2) is 0 Å². The summed E-state index contributed by atoms with van der Waals surface area (Å²) in [6, 6.07) is 3.96. The summed E-state index contributed by atoms with van der Waals surface area (Å²) in [5.74, 6) is 5.48. The number of likely N-dealkylation sites (tertiary alicyclic amines) is 1. The zero-order chi connectivity index (χ0) is 14.7. The molecule has 1 aromatic rings. The quantitative estimate of drug-likeness (QED) is 0.795. The van der Waals surface area contributed by atoms with Crippen LogP contribution in [0.1, 0.15) is 29.8 Å². The molecule has 3 nitrogen and oxygen atoms in total. The van der Waals surface area contributed by atoms with E-state index in [1.807, 2.05) is 0 Å². The van der Waals surface area contributed by atoms with E-state index >= 15 is 0 Å². The van der Waals surface area contributed by atoms with Crippen LogP contribution >= 0.6 is 0 Å². The van der Waals surface area contributed by atoms with Crippen molar-refractivity contribution >= 4 is 5.91 Å². The fraction of sp³-hybridized carbons (Fsp3) is 0.438. The lowest BCUT2D eigenvalue weighted by Crippen LogP contribution is -2.29. The summed E-state index contributed by atoms with van der Waals surface area (Å²) in [6.07, 6.45) is 0. The third-order valence-electron chi connectivity index (χ3n) is 3.79. The molecule has 4 heteroatoms. The molecular formula is C16H18FNO2. The number of carbonyl (C=O) groups excluding carboxylic acids is 1. The summed E-state index contributed by atoms with van der Waals surface area (Å²) in [5.41, 5.74) is 0.727. The molecule has 2 atom stereocenters. The molecule has 0 saturated carbocycles. The van der Waals surface area contributed by atoms with E-state index in [2.05, 4.69) is 25.7 Å². The van der Waals surface area contributed by atoms with E-state index in [9.17, 15) is 9.18 Å². The Bertz CT molecular complexity index is 564. The number of hydrogen-bond acceptors (Lipinski definition) is 2. The van der Waals surface area contributed by atoms with Gasteiger partial charge in [-0.05, 0) is 30.0 Å². The Morgan fingerprint density at radius 3 is 2.65 bits per heavy atom. The number of rotatable bonds is 1. The smallest absolute Gasteiger partial charge is 0.255 e. The summed E-state index contributed by atoms with van der Waals surface area (Å²) in [6.45, 7) is 5.35. The Kier molecular flexibility index (Phi) is 4.41. The Labute approximate surface area is 118 Å².